The van der Waals surface area contributed by atoms with Crippen LogP contribution in [0.3, 0.4) is 0 Å². The van der Waals surface area contributed by atoms with Crippen molar-refractivity contribution in [2.24, 2.45) is 0 Å². The van der Waals surface area contributed by atoms with Gasteiger partial charge in [-0.1, -0.05) is 24.9 Å². The molecular weight excluding hydrogens is 402 g/mol. The molecule has 1 aliphatic rings. The molecule has 1 aromatic carbocycles. The lowest BCUT2D eigenvalue weighted by Gasteiger charge is -2.27. The number of hydrogen-bond acceptors (Lipinski definition) is 5. The number of esters is 1. The molecule has 0 unspecified atom stereocenters. The van der Waals surface area contributed by atoms with Crippen LogP contribution in [0.4, 0.5) is 0 Å². The Morgan fingerprint density at radius 1 is 1.25 bits per heavy atom. The zero-order valence-corrected chi connectivity index (χ0v) is 17.6. The Morgan fingerprint density at radius 2 is 1.96 bits per heavy atom. The molecule has 0 saturated heterocycles. The average molecular weight is 426 g/mol. The molecule has 1 aromatic heterocycles. The second kappa shape index (κ2) is 8.63. The van der Waals surface area contributed by atoms with Gasteiger partial charge in [-0.2, -0.15) is 9.40 Å². The topological polar surface area (TPSA) is 81.5 Å². The fourth-order valence-electron chi connectivity index (χ4n) is 3.25. The summed E-state index contributed by atoms with van der Waals surface area (Å²) in [6.45, 7) is 4.39. The van der Waals surface area contributed by atoms with Crippen LogP contribution in [0.15, 0.2) is 24.3 Å². The molecule has 3 rings (SSSR count). The number of sulfonamides is 1. The van der Waals surface area contributed by atoms with Crippen molar-refractivity contribution in [3.8, 4) is 5.69 Å². The normalized spacial score (nSPS) is 14.7. The van der Waals surface area contributed by atoms with Crippen molar-refractivity contribution in [2.45, 2.75) is 39.7 Å². The summed E-state index contributed by atoms with van der Waals surface area (Å²) in [6, 6.07) is 7.13. The van der Waals surface area contributed by atoms with Crippen LogP contribution >= 0.6 is 11.6 Å². The Hall–Kier alpha value is -1.90. The second-order valence-corrected chi connectivity index (χ2v) is 9.16. The van der Waals surface area contributed by atoms with Gasteiger partial charge >= 0.3 is 5.97 Å². The summed E-state index contributed by atoms with van der Waals surface area (Å²) in [5.41, 5.74) is 2.37. The Morgan fingerprint density at radius 3 is 2.61 bits per heavy atom. The molecule has 7 nitrogen and oxygen atoms in total. The highest BCUT2D eigenvalue weighted by atomic mass is 35.5. The minimum atomic E-state index is -3.38. The molecule has 0 atom stereocenters. The van der Waals surface area contributed by atoms with Gasteiger partial charge in [0.05, 0.1) is 23.7 Å². The van der Waals surface area contributed by atoms with Gasteiger partial charge in [0, 0.05) is 30.1 Å². The molecule has 28 heavy (non-hydrogen) atoms. The standard InChI is InChI=1S/C19H24ClN3O4S/c1-3-5-12-28(25,26)22-11-10-17-16(13-22)18(19(24)27-4-2)21-23(17)15-8-6-14(20)7-9-15/h6-9H,3-5,10-13H2,1-2H3. The minimum absolute atomic E-state index is 0.110. The first-order valence-corrected chi connectivity index (χ1v) is 11.4. The number of aromatic nitrogens is 2. The van der Waals surface area contributed by atoms with E-state index in [-0.39, 0.29) is 24.6 Å². The van der Waals surface area contributed by atoms with Crippen LogP contribution in [0, 0.1) is 0 Å². The van der Waals surface area contributed by atoms with Gasteiger partial charge in [0.1, 0.15) is 0 Å². The zero-order valence-electron chi connectivity index (χ0n) is 16.0. The van der Waals surface area contributed by atoms with E-state index in [1.807, 2.05) is 19.1 Å². The highest BCUT2D eigenvalue weighted by Gasteiger charge is 2.33. The maximum Gasteiger partial charge on any atom is 0.359 e. The van der Waals surface area contributed by atoms with Crippen LogP contribution in [0.25, 0.3) is 5.69 Å². The fraction of sp³-hybridized carbons (Fsp3) is 0.474. The van der Waals surface area contributed by atoms with Crippen molar-refractivity contribution in [2.75, 3.05) is 18.9 Å². The molecule has 0 radical (unpaired) electrons. The second-order valence-electron chi connectivity index (χ2n) is 6.64. The molecule has 0 N–H and O–H groups in total. The van der Waals surface area contributed by atoms with Crippen molar-refractivity contribution in [3.05, 3.63) is 46.2 Å². The monoisotopic (exact) mass is 425 g/mol. The first kappa shape index (κ1) is 20.8. The molecule has 9 heteroatoms. The van der Waals surface area contributed by atoms with Crippen molar-refractivity contribution >= 4 is 27.6 Å². The van der Waals surface area contributed by atoms with Crippen LogP contribution in [0.2, 0.25) is 5.02 Å². The van der Waals surface area contributed by atoms with Gasteiger partial charge in [0.25, 0.3) is 0 Å². The number of halogens is 1. The van der Waals surface area contributed by atoms with Crippen LogP contribution in [-0.4, -0.2) is 47.4 Å². The summed E-state index contributed by atoms with van der Waals surface area (Å²) in [5.74, 6) is -0.432. The van der Waals surface area contributed by atoms with Crippen molar-refractivity contribution in [1.29, 1.82) is 0 Å². The smallest absolute Gasteiger partial charge is 0.359 e. The Kier molecular flexibility index (Phi) is 6.42. The summed E-state index contributed by atoms with van der Waals surface area (Å²) in [7, 11) is -3.38. The fourth-order valence-corrected chi connectivity index (χ4v) is 4.98. The molecule has 1 aliphatic heterocycles. The third-order valence-corrected chi connectivity index (χ3v) is 6.87. The lowest BCUT2D eigenvalue weighted by Crippen LogP contribution is -2.38. The SMILES string of the molecule is CCCCS(=O)(=O)N1CCc2c(c(C(=O)OCC)nn2-c2ccc(Cl)cc2)C1. The van der Waals surface area contributed by atoms with Gasteiger partial charge in [0.2, 0.25) is 10.0 Å². The third kappa shape index (κ3) is 4.24. The number of carbonyl (C=O) groups is 1. The number of carbonyl (C=O) groups excluding carboxylic acids is 1. The molecule has 0 saturated carbocycles. The van der Waals surface area contributed by atoms with Gasteiger partial charge in [-0.05, 0) is 37.6 Å². The molecule has 2 aromatic rings. The van der Waals surface area contributed by atoms with Crippen LogP contribution < -0.4 is 0 Å². The van der Waals surface area contributed by atoms with Crippen molar-refractivity contribution < 1.29 is 17.9 Å². The van der Waals surface area contributed by atoms with E-state index in [4.69, 9.17) is 16.3 Å². The Bertz CT molecular complexity index is 954. The van der Waals surface area contributed by atoms with Crippen molar-refractivity contribution in [1.82, 2.24) is 14.1 Å². The minimum Gasteiger partial charge on any atom is -0.461 e. The number of ether oxygens (including phenoxy) is 1. The summed E-state index contributed by atoms with van der Waals surface area (Å²) >= 11 is 5.97. The quantitative estimate of drug-likeness (QED) is 0.636. The molecule has 2 heterocycles. The lowest BCUT2D eigenvalue weighted by molar-refractivity contribution is 0.0517. The van der Waals surface area contributed by atoms with Gasteiger partial charge in [0.15, 0.2) is 5.69 Å². The molecular formula is C19H24ClN3O4S. The summed E-state index contributed by atoms with van der Waals surface area (Å²) in [6.07, 6.45) is 1.89. The molecule has 0 spiro atoms. The maximum atomic E-state index is 12.6. The van der Waals surface area contributed by atoms with E-state index < -0.39 is 16.0 Å². The van der Waals surface area contributed by atoms with Crippen LogP contribution in [0.1, 0.15) is 48.4 Å². The third-order valence-electron chi connectivity index (χ3n) is 4.71. The Balaban J connectivity index is 2.01. The first-order chi connectivity index (χ1) is 13.4. The van der Waals surface area contributed by atoms with Gasteiger partial charge < -0.3 is 4.74 Å². The summed E-state index contributed by atoms with van der Waals surface area (Å²) in [4.78, 5) is 12.5. The maximum absolute atomic E-state index is 12.6. The van der Waals surface area contributed by atoms with Crippen molar-refractivity contribution in [3.63, 3.8) is 0 Å². The zero-order chi connectivity index (χ0) is 20.3. The van der Waals surface area contributed by atoms with Crippen LogP contribution in [-0.2, 0) is 27.7 Å². The van der Waals surface area contributed by atoms with E-state index in [0.717, 1.165) is 17.8 Å². The van der Waals surface area contributed by atoms with Gasteiger partial charge in [-0.3, -0.25) is 0 Å². The van der Waals surface area contributed by atoms with E-state index in [1.165, 1.54) is 4.31 Å². The van der Waals surface area contributed by atoms with Gasteiger partial charge in [-0.25, -0.2) is 17.9 Å². The van der Waals surface area contributed by atoms with Gasteiger partial charge in [-0.15, -0.1) is 0 Å². The number of nitrogens with zero attached hydrogens (tertiary/aromatic N) is 3. The molecule has 152 valence electrons. The Labute approximate surface area is 170 Å². The largest absolute Gasteiger partial charge is 0.461 e. The number of hydrogen-bond donors (Lipinski definition) is 0. The summed E-state index contributed by atoms with van der Waals surface area (Å²) in [5, 5.41) is 5.07. The summed E-state index contributed by atoms with van der Waals surface area (Å²) < 4.78 is 33.6. The van der Waals surface area contributed by atoms with Crippen LogP contribution in [0.5, 0.6) is 0 Å². The highest BCUT2D eigenvalue weighted by molar-refractivity contribution is 7.89. The molecule has 0 aliphatic carbocycles. The van der Waals surface area contributed by atoms with E-state index in [2.05, 4.69) is 5.10 Å². The number of unbranched alkanes of at least 4 members (excludes halogenated alkanes) is 1. The molecule has 0 fully saturated rings. The van der Waals surface area contributed by atoms with E-state index >= 15 is 0 Å². The highest BCUT2D eigenvalue weighted by Crippen LogP contribution is 2.28. The predicted molar refractivity (Wildman–Crippen MR) is 107 cm³/mol. The first-order valence-electron chi connectivity index (χ1n) is 9.39. The average Bonchev–Trinajstić information content (AvgIpc) is 3.06. The predicted octanol–water partition coefficient (Wildman–Crippen LogP) is 3.19. The lowest BCUT2D eigenvalue weighted by atomic mass is 10.1. The molecule has 0 amide bonds. The van der Waals surface area contributed by atoms with E-state index in [1.54, 1.807) is 23.7 Å². The molecule has 0 bridgehead atoms. The number of fused-ring (bicyclic) bond motifs is 1. The van der Waals surface area contributed by atoms with E-state index in [0.29, 0.717) is 30.0 Å². The number of rotatable bonds is 7. The number of benzene rings is 1. The van der Waals surface area contributed by atoms with E-state index in [9.17, 15) is 13.2 Å².